The summed E-state index contributed by atoms with van der Waals surface area (Å²) in [5, 5.41) is 0. The maximum absolute atomic E-state index is 12.3. The van der Waals surface area contributed by atoms with Gasteiger partial charge < -0.3 is 14.2 Å². The maximum atomic E-state index is 12.3. The second-order valence-electron chi connectivity index (χ2n) is 5.74. The van der Waals surface area contributed by atoms with E-state index < -0.39 is 11.9 Å². The molecule has 0 aromatic heterocycles. The van der Waals surface area contributed by atoms with Gasteiger partial charge in [-0.2, -0.15) is 0 Å². The Morgan fingerprint density at radius 1 is 1.19 bits per heavy atom. The van der Waals surface area contributed by atoms with Crippen molar-refractivity contribution >= 4 is 11.9 Å². The summed E-state index contributed by atoms with van der Waals surface area (Å²) in [4.78, 5) is 26.6. The fourth-order valence-corrected chi connectivity index (χ4v) is 4.24. The monoisotopic (exact) mass is 295 g/mol. The lowest BCUT2D eigenvalue weighted by Gasteiger charge is -2.54. The van der Waals surface area contributed by atoms with Gasteiger partial charge in [-0.3, -0.25) is 4.90 Å². The third-order valence-electron chi connectivity index (χ3n) is 5.05. The molecule has 6 heteroatoms. The Morgan fingerprint density at radius 2 is 1.86 bits per heavy atom. The molecule has 2 aliphatic carbocycles. The van der Waals surface area contributed by atoms with E-state index in [1.54, 1.807) is 0 Å². The minimum absolute atomic E-state index is 0.0807. The number of rotatable bonds is 3. The zero-order valence-corrected chi connectivity index (χ0v) is 12.5. The molecule has 0 unspecified atom stereocenters. The third kappa shape index (κ3) is 1.92. The number of methoxy groups -OCH3 is 2. The first-order valence-corrected chi connectivity index (χ1v) is 7.41. The number of hydrogen-bond donors (Lipinski definition) is 0. The SMILES string of the molecule is COC(=O)C1=C(C(=O)OC)[C@@]2(N3CCOCC3)CCC[C@@H]12. The average Bonchev–Trinajstić information content (AvgIpc) is 2.87. The van der Waals surface area contributed by atoms with Crippen LogP contribution in [0.1, 0.15) is 19.3 Å². The number of morpholine rings is 1. The topological polar surface area (TPSA) is 65.1 Å². The lowest BCUT2D eigenvalue weighted by Crippen LogP contribution is -2.64. The standard InChI is InChI=1S/C15H21NO5/c1-19-13(17)11-10-4-3-5-15(10,12(11)14(18)20-2)16-6-8-21-9-7-16/h10H,3-9H2,1-2H3/t10-,15+/m0/s1. The summed E-state index contributed by atoms with van der Waals surface area (Å²) in [5.74, 6) is -0.719. The Balaban J connectivity index is 2.03. The van der Waals surface area contributed by atoms with Crippen molar-refractivity contribution < 1.29 is 23.8 Å². The van der Waals surface area contributed by atoms with Crippen LogP contribution in [0, 0.1) is 5.92 Å². The first-order chi connectivity index (χ1) is 10.2. The van der Waals surface area contributed by atoms with Crippen LogP contribution in [0.25, 0.3) is 0 Å². The van der Waals surface area contributed by atoms with Crippen molar-refractivity contribution in [2.75, 3.05) is 40.5 Å². The van der Waals surface area contributed by atoms with Gasteiger partial charge in [-0.05, 0) is 12.8 Å². The summed E-state index contributed by atoms with van der Waals surface area (Å²) in [6, 6.07) is 0. The molecule has 2 fully saturated rings. The van der Waals surface area contributed by atoms with Crippen LogP contribution in [0.4, 0.5) is 0 Å². The first-order valence-electron chi connectivity index (χ1n) is 7.41. The fourth-order valence-electron chi connectivity index (χ4n) is 4.24. The van der Waals surface area contributed by atoms with E-state index in [9.17, 15) is 9.59 Å². The van der Waals surface area contributed by atoms with Crippen LogP contribution in [0.15, 0.2) is 11.1 Å². The largest absolute Gasteiger partial charge is 0.466 e. The van der Waals surface area contributed by atoms with E-state index >= 15 is 0 Å². The lowest BCUT2D eigenvalue weighted by molar-refractivity contribution is -0.146. The third-order valence-corrected chi connectivity index (χ3v) is 5.05. The van der Waals surface area contributed by atoms with Crippen molar-refractivity contribution in [1.29, 1.82) is 0 Å². The van der Waals surface area contributed by atoms with Gasteiger partial charge in [-0.1, -0.05) is 6.42 Å². The van der Waals surface area contributed by atoms with E-state index in [1.165, 1.54) is 14.2 Å². The quantitative estimate of drug-likeness (QED) is 0.707. The molecule has 1 saturated heterocycles. The average molecular weight is 295 g/mol. The Kier molecular flexibility index (Phi) is 3.75. The van der Waals surface area contributed by atoms with Crippen LogP contribution < -0.4 is 0 Å². The highest BCUT2D eigenvalue weighted by atomic mass is 16.5. The van der Waals surface area contributed by atoms with E-state index in [0.717, 1.165) is 32.4 Å². The summed E-state index contributed by atoms with van der Waals surface area (Å²) in [6.45, 7) is 2.89. The van der Waals surface area contributed by atoms with Gasteiger partial charge in [0.2, 0.25) is 0 Å². The smallest absolute Gasteiger partial charge is 0.336 e. The van der Waals surface area contributed by atoms with Crippen molar-refractivity contribution in [1.82, 2.24) is 4.90 Å². The zero-order valence-electron chi connectivity index (χ0n) is 12.5. The van der Waals surface area contributed by atoms with Crippen LogP contribution in [-0.4, -0.2) is 62.9 Å². The number of carbonyl (C=O) groups excluding carboxylic acids is 2. The fraction of sp³-hybridized carbons (Fsp3) is 0.733. The molecule has 21 heavy (non-hydrogen) atoms. The second-order valence-corrected chi connectivity index (χ2v) is 5.74. The summed E-state index contributed by atoms with van der Waals surface area (Å²) < 4.78 is 15.2. The molecule has 1 aliphatic heterocycles. The molecule has 1 saturated carbocycles. The van der Waals surface area contributed by atoms with Gasteiger partial charge in [0.1, 0.15) is 0 Å². The molecule has 0 amide bonds. The second kappa shape index (κ2) is 5.42. The molecule has 0 aromatic rings. The van der Waals surface area contributed by atoms with E-state index in [2.05, 4.69) is 4.90 Å². The van der Waals surface area contributed by atoms with E-state index in [4.69, 9.17) is 14.2 Å². The van der Waals surface area contributed by atoms with Gasteiger partial charge in [0.15, 0.2) is 0 Å². The minimum atomic E-state index is -0.403. The van der Waals surface area contributed by atoms with E-state index in [-0.39, 0.29) is 11.5 Å². The Labute approximate surface area is 124 Å². The van der Waals surface area contributed by atoms with Gasteiger partial charge in [-0.25, -0.2) is 9.59 Å². The Morgan fingerprint density at radius 3 is 2.48 bits per heavy atom. The summed E-state index contributed by atoms with van der Waals surface area (Å²) in [5.41, 5.74) is 0.690. The van der Waals surface area contributed by atoms with Crippen LogP contribution in [0.2, 0.25) is 0 Å². The van der Waals surface area contributed by atoms with Crippen LogP contribution >= 0.6 is 0 Å². The minimum Gasteiger partial charge on any atom is -0.466 e. The molecule has 116 valence electrons. The first kappa shape index (κ1) is 14.5. The van der Waals surface area contributed by atoms with Crippen LogP contribution in [0.5, 0.6) is 0 Å². The predicted molar refractivity (Wildman–Crippen MR) is 73.5 cm³/mol. The molecule has 0 aromatic carbocycles. The zero-order chi connectivity index (χ0) is 15.0. The van der Waals surface area contributed by atoms with Gasteiger partial charge in [-0.15, -0.1) is 0 Å². The Hall–Kier alpha value is -1.40. The van der Waals surface area contributed by atoms with Gasteiger partial charge >= 0.3 is 11.9 Å². The van der Waals surface area contributed by atoms with Gasteiger partial charge in [0.25, 0.3) is 0 Å². The summed E-state index contributed by atoms with van der Waals surface area (Å²) in [6.07, 6.45) is 2.81. The maximum Gasteiger partial charge on any atom is 0.336 e. The predicted octanol–water partition coefficient (Wildman–Crippen LogP) is 0.514. The number of fused-ring (bicyclic) bond motifs is 1. The van der Waals surface area contributed by atoms with Crippen molar-refractivity contribution in [3.05, 3.63) is 11.1 Å². The lowest BCUT2D eigenvalue weighted by atomic mass is 9.62. The van der Waals surface area contributed by atoms with Gasteiger partial charge in [0, 0.05) is 19.0 Å². The molecular formula is C15H21NO5. The van der Waals surface area contributed by atoms with Crippen LogP contribution in [0.3, 0.4) is 0 Å². The highest BCUT2D eigenvalue weighted by molar-refractivity contribution is 6.06. The molecule has 0 bridgehead atoms. The van der Waals surface area contributed by atoms with Crippen molar-refractivity contribution in [2.24, 2.45) is 5.92 Å². The molecule has 0 spiro atoms. The number of esters is 2. The number of nitrogens with zero attached hydrogens (tertiary/aromatic N) is 1. The van der Waals surface area contributed by atoms with Crippen LogP contribution in [-0.2, 0) is 23.8 Å². The molecule has 0 radical (unpaired) electrons. The van der Waals surface area contributed by atoms with Crippen molar-refractivity contribution in [3.63, 3.8) is 0 Å². The molecular weight excluding hydrogens is 274 g/mol. The van der Waals surface area contributed by atoms with E-state index in [0.29, 0.717) is 24.4 Å². The molecule has 0 N–H and O–H groups in total. The molecule has 3 aliphatic rings. The molecule has 1 heterocycles. The van der Waals surface area contributed by atoms with Crippen molar-refractivity contribution in [2.45, 2.75) is 24.8 Å². The molecule has 3 rings (SSSR count). The van der Waals surface area contributed by atoms with Crippen molar-refractivity contribution in [3.8, 4) is 0 Å². The van der Waals surface area contributed by atoms with Gasteiger partial charge in [0.05, 0.1) is 44.1 Å². The summed E-state index contributed by atoms with van der Waals surface area (Å²) >= 11 is 0. The number of carbonyl (C=O) groups is 2. The summed E-state index contributed by atoms with van der Waals surface area (Å²) in [7, 11) is 2.72. The number of ether oxygens (including phenoxy) is 3. The number of hydrogen-bond acceptors (Lipinski definition) is 6. The Bertz CT molecular complexity index is 494. The van der Waals surface area contributed by atoms with E-state index in [1.807, 2.05) is 0 Å². The molecule has 6 nitrogen and oxygen atoms in total. The molecule has 2 atom stereocenters. The highest BCUT2D eigenvalue weighted by Gasteiger charge is 2.64. The highest BCUT2D eigenvalue weighted by Crippen LogP contribution is 2.58. The normalized spacial score (nSPS) is 32.4.